The van der Waals surface area contributed by atoms with Crippen LogP contribution in [0.1, 0.15) is 22.3 Å². The summed E-state index contributed by atoms with van der Waals surface area (Å²) >= 11 is 0. The summed E-state index contributed by atoms with van der Waals surface area (Å²) in [6.45, 7) is 0. The SMILES string of the molecule is Nc1cc2c(cc1-c1ccc(-n3c(-c4ccccc4)nc4ccccc43)cc1)C1(c3ccccc3Oc3ccccc31)c1ccccc1-2. The summed E-state index contributed by atoms with van der Waals surface area (Å²) in [6.07, 6.45) is 0. The second-order valence-electron chi connectivity index (χ2n) is 12.5. The zero-order valence-electron chi connectivity index (χ0n) is 26.0. The smallest absolute Gasteiger partial charge is 0.145 e. The van der Waals surface area contributed by atoms with Gasteiger partial charge in [0.25, 0.3) is 0 Å². The van der Waals surface area contributed by atoms with E-state index >= 15 is 0 Å². The summed E-state index contributed by atoms with van der Waals surface area (Å²) in [6, 6.07) is 57.5. The molecule has 226 valence electrons. The van der Waals surface area contributed by atoms with E-state index in [2.05, 4.69) is 144 Å². The molecule has 0 fully saturated rings. The lowest BCUT2D eigenvalue weighted by Crippen LogP contribution is -2.32. The van der Waals surface area contributed by atoms with Gasteiger partial charge in [-0.3, -0.25) is 4.57 Å². The van der Waals surface area contributed by atoms with Crippen LogP contribution in [0.15, 0.2) is 164 Å². The van der Waals surface area contributed by atoms with Gasteiger partial charge in [-0.25, -0.2) is 4.98 Å². The Morgan fingerprint density at radius 1 is 0.500 bits per heavy atom. The van der Waals surface area contributed by atoms with Crippen LogP contribution in [0.2, 0.25) is 0 Å². The lowest BCUT2D eigenvalue weighted by atomic mass is 9.66. The second kappa shape index (κ2) is 10.1. The summed E-state index contributed by atoms with van der Waals surface area (Å²) in [4.78, 5) is 5.03. The normalized spacial score (nSPS) is 13.4. The number of para-hydroxylation sites is 4. The third kappa shape index (κ3) is 3.63. The average molecular weight is 616 g/mol. The molecule has 4 nitrogen and oxygen atoms in total. The fourth-order valence-electron chi connectivity index (χ4n) is 8.02. The third-order valence-electron chi connectivity index (χ3n) is 10.0. The lowest BCUT2D eigenvalue weighted by molar-refractivity contribution is 0.436. The number of benzene rings is 7. The molecule has 48 heavy (non-hydrogen) atoms. The van der Waals surface area contributed by atoms with Crippen LogP contribution in [0, 0.1) is 0 Å². The van der Waals surface area contributed by atoms with Crippen LogP contribution in [-0.2, 0) is 5.41 Å². The molecule has 0 unspecified atom stereocenters. The first-order chi connectivity index (χ1) is 23.7. The Morgan fingerprint density at radius 3 is 1.88 bits per heavy atom. The van der Waals surface area contributed by atoms with Crippen molar-refractivity contribution in [3.8, 4) is 50.8 Å². The van der Waals surface area contributed by atoms with E-state index in [0.29, 0.717) is 0 Å². The quantitative estimate of drug-likeness (QED) is 0.201. The molecule has 7 aromatic carbocycles. The van der Waals surface area contributed by atoms with E-state index in [1.807, 2.05) is 24.3 Å². The highest BCUT2D eigenvalue weighted by Gasteiger charge is 2.51. The molecule has 2 aliphatic rings. The van der Waals surface area contributed by atoms with Gasteiger partial charge in [0.15, 0.2) is 0 Å². The summed E-state index contributed by atoms with van der Waals surface area (Å²) in [7, 11) is 0. The van der Waals surface area contributed by atoms with E-state index in [9.17, 15) is 0 Å². The number of nitrogens with zero attached hydrogens (tertiary/aromatic N) is 2. The molecule has 0 saturated carbocycles. The summed E-state index contributed by atoms with van der Waals surface area (Å²) < 4.78 is 8.76. The van der Waals surface area contributed by atoms with Crippen molar-refractivity contribution in [2.75, 3.05) is 5.73 Å². The summed E-state index contributed by atoms with van der Waals surface area (Å²) in [5, 5.41) is 0. The number of anilines is 1. The van der Waals surface area contributed by atoms with Gasteiger partial charge in [0, 0.05) is 33.6 Å². The Balaban J connectivity index is 1.17. The van der Waals surface area contributed by atoms with Gasteiger partial charge >= 0.3 is 0 Å². The van der Waals surface area contributed by atoms with Crippen molar-refractivity contribution in [3.05, 3.63) is 186 Å². The molecule has 1 aliphatic heterocycles. The number of ether oxygens (including phenoxy) is 1. The van der Waals surface area contributed by atoms with Gasteiger partial charge in [-0.1, -0.05) is 115 Å². The predicted octanol–water partition coefficient (Wildman–Crippen LogP) is 10.4. The maximum absolute atomic E-state index is 6.96. The molecule has 4 heteroatoms. The first-order valence-corrected chi connectivity index (χ1v) is 16.3. The fraction of sp³-hybridized carbons (Fsp3) is 0.0227. The van der Waals surface area contributed by atoms with E-state index in [0.717, 1.165) is 73.1 Å². The molecule has 0 radical (unpaired) electrons. The number of hydrogen-bond acceptors (Lipinski definition) is 3. The van der Waals surface area contributed by atoms with Crippen molar-refractivity contribution < 1.29 is 4.74 Å². The molecular formula is C44H29N3O. The molecular weight excluding hydrogens is 587 g/mol. The van der Waals surface area contributed by atoms with Gasteiger partial charge in [-0.2, -0.15) is 0 Å². The van der Waals surface area contributed by atoms with Crippen molar-refractivity contribution in [1.29, 1.82) is 0 Å². The lowest BCUT2D eigenvalue weighted by Gasteiger charge is -2.39. The van der Waals surface area contributed by atoms with Crippen LogP contribution in [0.5, 0.6) is 11.5 Å². The highest BCUT2D eigenvalue weighted by molar-refractivity contribution is 5.94. The standard InChI is InChI=1S/C44H29N3O/c45-38-27-33-31-14-4-5-15-34(31)44(35-16-6-10-20-41(35)48-42-21-11-7-17-36(42)44)37(33)26-32(38)28-22-24-30(25-23-28)47-40-19-9-8-18-39(40)46-43(47)29-12-2-1-3-13-29/h1-27H,45H2. The van der Waals surface area contributed by atoms with Crippen LogP contribution >= 0.6 is 0 Å². The number of imidazole rings is 1. The third-order valence-corrected chi connectivity index (χ3v) is 10.0. The number of nitrogen functional groups attached to an aromatic ring is 1. The first-order valence-electron chi connectivity index (χ1n) is 16.3. The molecule has 2 N–H and O–H groups in total. The molecule has 0 bridgehead atoms. The van der Waals surface area contributed by atoms with Gasteiger partial charge in [-0.15, -0.1) is 0 Å². The van der Waals surface area contributed by atoms with E-state index < -0.39 is 5.41 Å². The molecule has 1 aliphatic carbocycles. The molecule has 8 aromatic rings. The minimum absolute atomic E-state index is 0.542. The number of rotatable bonds is 3. The monoisotopic (exact) mass is 615 g/mol. The number of fused-ring (bicyclic) bond motifs is 10. The zero-order valence-corrected chi connectivity index (χ0v) is 26.0. The number of aromatic nitrogens is 2. The van der Waals surface area contributed by atoms with Crippen molar-refractivity contribution in [3.63, 3.8) is 0 Å². The Hall–Kier alpha value is -6.39. The average Bonchev–Trinajstić information content (AvgIpc) is 3.66. The Labute approximate surface area is 278 Å². The molecule has 1 aromatic heterocycles. The largest absolute Gasteiger partial charge is 0.457 e. The van der Waals surface area contributed by atoms with Gasteiger partial charge in [-0.05, 0) is 76.3 Å². The Morgan fingerprint density at radius 2 is 1.12 bits per heavy atom. The van der Waals surface area contributed by atoms with Gasteiger partial charge < -0.3 is 10.5 Å². The first kappa shape index (κ1) is 26.8. The maximum Gasteiger partial charge on any atom is 0.145 e. The van der Waals surface area contributed by atoms with Crippen LogP contribution in [0.4, 0.5) is 5.69 Å². The van der Waals surface area contributed by atoms with Crippen molar-refractivity contribution in [2.24, 2.45) is 0 Å². The fourth-order valence-corrected chi connectivity index (χ4v) is 8.02. The zero-order chi connectivity index (χ0) is 31.8. The Kier molecular flexibility index (Phi) is 5.61. The maximum atomic E-state index is 6.96. The molecule has 2 heterocycles. The minimum atomic E-state index is -0.542. The summed E-state index contributed by atoms with van der Waals surface area (Å²) in [5.74, 6) is 2.67. The van der Waals surface area contributed by atoms with E-state index in [1.54, 1.807) is 0 Å². The van der Waals surface area contributed by atoms with Crippen molar-refractivity contribution in [1.82, 2.24) is 9.55 Å². The van der Waals surface area contributed by atoms with E-state index in [4.69, 9.17) is 15.5 Å². The molecule has 0 amide bonds. The second-order valence-corrected chi connectivity index (χ2v) is 12.5. The van der Waals surface area contributed by atoms with E-state index in [1.165, 1.54) is 16.7 Å². The van der Waals surface area contributed by atoms with Crippen LogP contribution in [-0.4, -0.2) is 9.55 Å². The highest BCUT2D eigenvalue weighted by Crippen LogP contribution is 2.62. The van der Waals surface area contributed by atoms with Crippen LogP contribution < -0.4 is 10.5 Å². The van der Waals surface area contributed by atoms with Gasteiger partial charge in [0.2, 0.25) is 0 Å². The molecule has 10 rings (SSSR count). The Bertz CT molecular complexity index is 2500. The topological polar surface area (TPSA) is 53.1 Å². The van der Waals surface area contributed by atoms with Crippen LogP contribution in [0.3, 0.4) is 0 Å². The van der Waals surface area contributed by atoms with Crippen LogP contribution in [0.25, 0.3) is 50.4 Å². The molecule has 0 atom stereocenters. The van der Waals surface area contributed by atoms with Gasteiger partial charge in [0.05, 0.1) is 16.4 Å². The number of hydrogen-bond donors (Lipinski definition) is 1. The predicted molar refractivity (Wildman–Crippen MR) is 194 cm³/mol. The number of nitrogens with two attached hydrogens (primary N) is 1. The molecule has 0 saturated heterocycles. The molecule has 1 spiro atoms. The van der Waals surface area contributed by atoms with Crippen molar-refractivity contribution >= 4 is 16.7 Å². The highest BCUT2D eigenvalue weighted by atomic mass is 16.5. The minimum Gasteiger partial charge on any atom is -0.457 e. The van der Waals surface area contributed by atoms with Gasteiger partial charge in [0.1, 0.15) is 17.3 Å². The van der Waals surface area contributed by atoms with E-state index in [-0.39, 0.29) is 0 Å². The van der Waals surface area contributed by atoms with Crippen molar-refractivity contribution in [2.45, 2.75) is 5.41 Å². The summed E-state index contributed by atoms with van der Waals surface area (Å²) in [5.41, 5.74) is 20.5.